The summed E-state index contributed by atoms with van der Waals surface area (Å²) in [7, 11) is 1.99. The highest BCUT2D eigenvalue weighted by atomic mass is 127. The molecule has 0 aliphatic heterocycles. The minimum Gasteiger partial charge on any atom is -0.312 e. The Morgan fingerprint density at radius 2 is 1.89 bits per heavy atom. The van der Waals surface area contributed by atoms with E-state index in [2.05, 4.69) is 58.0 Å². The lowest BCUT2D eigenvalue weighted by Gasteiger charge is -2.25. The van der Waals surface area contributed by atoms with Gasteiger partial charge in [-0.05, 0) is 71.1 Å². The summed E-state index contributed by atoms with van der Waals surface area (Å²) in [6.45, 7) is 2.22. The number of halogens is 2. The van der Waals surface area contributed by atoms with Crippen molar-refractivity contribution in [2.24, 2.45) is 0 Å². The first-order valence-electron chi connectivity index (χ1n) is 6.15. The first kappa shape index (κ1) is 14.8. The second-order valence-electron chi connectivity index (χ2n) is 4.50. The number of aromatic nitrogens is 1. The fourth-order valence-electron chi connectivity index (χ4n) is 2.29. The molecule has 100 valence electrons. The second-order valence-corrected chi connectivity index (χ2v) is 6.10. The minimum absolute atomic E-state index is 0.230. The summed E-state index contributed by atoms with van der Waals surface area (Å²) in [4.78, 5) is 4.07. The Labute approximate surface area is 132 Å². The van der Waals surface area contributed by atoms with Crippen molar-refractivity contribution in [1.82, 2.24) is 10.3 Å². The molecule has 2 nitrogen and oxygen atoms in total. The van der Waals surface area contributed by atoms with Crippen molar-refractivity contribution in [1.29, 1.82) is 0 Å². The standard InChI is InChI=1S/C15H16ClIN2/c1-10(11-5-7-19-8-6-11)15(18-2)13-9-12(16)3-4-14(13)17/h3-10,15,18H,1-2H3. The third kappa shape index (κ3) is 3.46. The van der Waals surface area contributed by atoms with E-state index in [1.54, 1.807) is 0 Å². The molecule has 0 saturated heterocycles. The van der Waals surface area contributed by atoms with Gasteiger partial charge in [0, 0.05) is 32.9 Å². The summed E-state index contributed by atoms with van der Waals surface area (Å²) in [5.74, 6) is 0.347. The average molecular weight is 387 g/mol. The molecule has 0 amide bonds. The molecule has 0 spiro atoms. The molecule has 2 aromatic rings. The zero-order valence-electron chi connectivity index (χ0n) is 10.9. The molecule has 1 heterocycles. The number of benzene rings is 1. The third-order valence-corrected chi connectivity index (χ3v) is 4.55. The van der Waals surface area contributed by atoms with Crippen LogP contribution < -0.4 is 5.32 Å². The quantitative estimate of drug-likeness (QED) is 0.788. The summed E-state index contributed by atoms with van der Waals surface area (Å²) in [6.07, 6.45) is 3.67. The van der Waals surface area contributed by atoms with Crippen LogP contribution in [0.3, 0.4) is 0 Å². The SMILES string of the molecule is CNC(c1cc(Cl)ccc1I)C(C)c1ccncc1. The molecule has 4 heteroatoms. The Morgan fingerprint density at radius 3 is 2.53 bits per heavy atom. The highest BCUT2D eigenvalue weighted by Crippen LogP contribution is 2.33. The van der Waals surface area contributed by atoms with Gasteiger partial charge in [-0.2, -0.15) is 0 Å². The summed E-state index contributed by atoms with van der Waals surface area (Å²) < 4.78 is 1.22. The Hall–Kier alpha value is -0.650. The highest BCUT2D eigenvalue weighted by Gasteiger charge is 2.21. The summed E-state index contributed by atoms with van der Waals surface area (Å²) in [5.41, 5.74) is 2.50. The topological polar surface area (TPSA) is 24.9 Å². The zero-order chi connectivity index (χ0) is 13.8. The van der Waals surface area contributed by atoms with Crippen LogP contribution in [-0.4, -0.2) is 12.0 Å². The van der Waals surface area contributed by atoms with Gasteiger partial charge in [0.25, 0.3) is 0 Å². The Kier molecular flexibility index (Phi) is 5.19. The summed E-state index contributed by atoms with van der Waals surface area (Å²) >= 11 is 8.48. The number of nitrogens with zero attached hydrogens (tertiary/aromatic N) is 1. The average Bonchev–Trinajstić information content (AvgIpc) is 2.44. The van der Waals surface area contributed by atoms with Gasteiger partial charge >= 0.3 is 0 Å². The summed E-state index contributed by atoms with van der Waals surface area (Å²) in [5, 5.41) is 4.18. The van der Waals surface area contributed by atoms with Crippen molar-refractivity contribution < 1.29 is 0 Å². The lowest BCUT2D eigenvalue weighted by atomic mass is 9.89. The first-order chi connectivity index (χ1) is 9.13. The van der Waals surface area contributed by atoms with E-state index in [9.17, 15) is 0 Å². The van der Waals surface area contributed by atoms with Crippen LogP contribution in [0.4, 0.5) is 0 Å². The normalized spacial score (nSPS) is 14.1. The molecule has 2 rings (SSSR count). The molecule has 0 fully saturated rings. The van der Waals surface area contributed by atoms with Gasteiger partial charge < -0.3 is 5.32 Å². The van der Waals surface area contributed by atoms with E-state index >= 15 is 0 Å². The predicted molar refractivity (Wildman–Crippen MR) is 88.6 cm³/mol. The lowest BCUT2D eigenvalue weighted by Crippen LogP contribution is -2.23. The molecule has 2 unspecified atom stereocenters. The van der Waals surface area contributed by atoms with E-state index in [1.165, 1.54) is 14.7 Å². The maximum atomic E-state index is 6.13. The number of hydrogen-bond acceptors (Lipinski definition) is 2. The maximum Gasteiger partial charge on any atom is 0.0410 e. The van der Waals surface area contributed by atoms with Gasteiger partial charge in [-0.3, -0.25) is 4.98 Å². The molecule has 0 saturated carbocycles. The minimum atomic E-state index is 0.230. The molecule has 0 radical (unpaired) electrons. The molecule has 0 aliphatic rings. The van der Waals surface area contributed by atoms with Gasteiger partial charge in [0.1, 0.15) is 0 Å². The maximum absolute atomic E-state index is 6.13. The van der Waals surface area contributed by atoms with Crippen LogP contribution in [0.25, 0.3) is 0 Å². The fourth-order valence-corrected chi connectivity index (χ4v) is 3.14. The smallest absolute Gasteiger partial charge is 0.0410 e. The van der Waals surface area contributed by atoms with Gasteiger partial charge in [-0.25, -0.2) is 0 Å². The number of pyridine rings is 1. The Bertz CT molecular complexity index is 545. The largest absolute Gasteiger partial charge is 0.312 e. The molecular formula is C15H16ClIN2. The lowest BCUT2D eigenvalue weighted by molar-refractivity contribution is 0.505. The van der Waals surface area contributed by atoms with Crippen LogP contribution in [0.2, 0.25) is 5.02 Å². The van der Waals surface area contributed by atoms with E-state index in [4.69, 9.17) is 11.6 Å². The van der Waals surface area contributed by atoms with Crippen LogP contribution in [0.5, 0.6) is 0 Å². The van der Waals surface area contributed by atoms with Gasteiger partial charge in [0.2, 0.25) is 0 Å². The van der Waals surface area contributed by atoms with E-state index in [-0.39, 0.29) is 6.04 Å². The Morgan fingerprint density at radius 1 is 1.21 bits per heavy atom. The first-order valence-corrected chi connectivity index (χ1v) is 7.61. The number of hydrogen-bond donors (Lipinski definition) is 1. The monoisotopic (exact) mass is 386 g/mol. The van der Waals surface area contributed by atoms with Gasteiger partial charge in [0.15, 0.2) is 0 Å². The van der Waals surface area contributed by atoms with Crippen molar-refractivity contribution >= 4 is 34.2 Å². The van der Waals surface area contributed by atoms with Crippen LogP contribution in [-0.2, 0) is 0 Å². The summed E-state index contributed by atoms with van der Waals surface area (Å²) in [6, 6.07) is 10.4. The van der Waals surface area contributed by atoms with Gasteiger partial charge in [0.05, 0.1) is 0 Å². The van der Waals surface area contributed by atoms with Crippen LogP contribution in [0, 0.1) is 3.57 Å². The van der Waals surface area contributed by atoms with Crippen molar-refractivity contribution in [3.8, 4) is 0 Å². The molecule has 19 heavy (non-hydrogen) atoms. The van der Waals surface area contributed by atoms with Crippen molar-refractivity contribution in [3.63, 3.8) is 0 Å². The molecule has 0 bridgehead atoms. The van der Waals surface area contributed by atoms with Crippen LogP contribution in [0.1, 0.15) is 30.0 Å². The molecule has 1 aromatic carbocycles. The van der Waals surface area contributed by atoms with Gasteiger partial charge in [-0.15, -0.1) is 0 Å². The van der Waals surface area contributed by atoms with Gasteiger partial charge in [-0.1, -0.05) is 18.5 Å². The molecule has 1 aromatic heterocycles. The predicted octanol–water partition coefficient (Wildman–Crippen LogP) is 4.40. The van der Waals surface area contributed by atoms with E-state index in [0.717, 1.165) is 5.02 Å². The zero-order valence-corrected chi connectivity index (χ0v) is 13.8. The van der Waals surface area contributed by atoms with E-state index in [0.29, 0.717) is 5.92 Å². The number of rotatable bonds is 4. The van der Waals surface area contributed by atoms with Crippen molar-refractivity contribution in [2.45, 2.75) is 18.9 Å². The molecule has 1 N–H and O–H groups in total. The van der Waals surface area contributed by atoms with Crippen molar-refractivity contribution in [2.75, 3.05) is 7.05 Å². The second kappa shape index (κ2) is 6.68. The molecule has 0 aliphatic carbocycles. The van der Waals surface area contributed by atoms with E-state index < -0.39 is 0 Å². The van der Waals surface area contributed by atoms with E-state index in [1.807, 2.05) is 31.6 Å². The molecule has 2 atom stereocenters. The number of likely N-dealkylation sites (N-methyl/N-ethyl adjacent to an activating group) is 1. The Balaban J connectivity index is 2.37. The van der Waals surface area contributed by atoms with Crippen molar-refractivity contribution in [3.05, 3.63) is 62.4 Å². The number of nitrogens with one attached hydrogen (secondary N) is 1. The van der Waals surface area contributed by atoms with Crippen LogP contribution in [0.15, 0.2) is 42.7 Å². The fraction of sp³-hybridized carbons (Fsp3) is 0.267. The highest BCUT2D eigenvalue weighted by molar-refractivity contribution is 14.1. The van der Waals surface area contributed by atoms with Crippen LogP contribution >= 0.6 is 34.2 Å². The third-order valence-electron chi connectivity index (χ3n) is 3.34. The molecular weight excluding hydrogens is 371 g/mol.